The Labute approximate surface area is 347 Å². The van der Waals surface area contributed by atoms with Crippen LogP contribution in [0.2, 0.25) is 0 Å². The summed E-state index contributed by atoms with van der Waals surface area (Å²) in [4.78, 5) is 13.0. The molecule has 1 aliphatic rings. The van der Waals surface area contributed by atoms with Crippen LogP contribution in [0.25, 0.3) is 0 Å². The van der Waals surface area contributed by atoms with Crippen molar-refractivity contribution in [3.8, 4) is 0 Å². The molecule has 57 heavy (non-hydrogen) atoms. The zero-order valence-electron chi connectivity index (χ0n) is 36.3. The summed E-state index contributed by atoms with van der Waals surface area (Å²) in [6, 6.07) is -1.18. The Morgan fingerprint density at radius 1 is 0.596 bits per heavy atom. The van der Waals surface area contributed by atoms with Crippen LogP contribution in [-0.2, 0) is 14.3 Å². The number of carbonyl (C=O) groups is 1. The molecule has 1 heterocycles. The number of hydrogen-bond acceptors (Lipinski definition) is 10. The molecule has 1 amide bonds. The highest BCUT2D eigenvalue weighted by Crippen LogP contribution is 2.23. The second-order valence-electron chi connectivity index (χ2n) is 16.8. The van der Waals surface area contributed by atoms with Crippen molar-refractivity contribution in [3.63, 3.8) is 0 Å². The molecule has 0 aromatic carbocycles. The van der Waals surface area contributed by atoms with Gasteiger partial charge in [0.15, 0.2) is 6.29 Å². The van der Waals surface area contributed by atoms with Gasteiger partial charge in [0.2, 0.25) is 5.91 Å². The third-order valence-corrected chi connectivity index (χ3v) is 11.6. The van der Waals surface area contributed by atoms with Gasteiger partial charge in [0.05, 0.1) is 25.4 Å². The van der Waals surface area contributed by atoms with Gasteiger partial charge in [-0.1, -0.05) is 180 Å². The van der Waals surface area contributed by atoms with E-state index in [4.69, 9.17) is 9.47 Å². The largest absolute Gasteiger partial charge is 0.394 e. The summed E-state index contributed by atoms with van der Waals surface area (Å²) >= 11 is 0. The van der Waals surface area contributed by atoms with Gasteiger partial charge in [0.25, 0.3) is 0 Å². The number of hydrogen-bond donors (Lipinski definition) is 8. The molecule has 0 aromatic heterocycles. The lowest BCUT2D eigenvalue weighted by atomic mass is 9.98. The predicted molar refractivity (Wildman–Crippen MR) is 229 cm³/mol. The Balaban J connectivity index is 2.37. The lowest BCUT2D eigenvalue weighted by molar-refractivity contribution is -0.303. The molecule has 1 aliphatic heterocycles. The van der Waals surface area contributed by atoms with Crippen LogP contribution in [0.1, 0.15) is 206 Å². The second-order valence-corrected chi connectivity index (χ2v) is 16.8. The van der Waals surface area contributed by atoms with E-state index in [2.05, 4.69) is 31.3 Å². The Kier molecular flexibility index (Phi) is 34.7. The zero-order chi connectivity index (χ0) is 41.9. The first-order chi connectivity index (χ1) is 27.7. The van der Waals surface area contributed by atoms with Crippen molar-refractivity contribution in [2.45, 2.75) is 262 Å². The molecular weight excluding hydrogens is 727 g/mol. The van der Waals surface area contributed by atoms with Gasteiger partial charge < -0.3 is 50.5 Å². The van der Waals surface area contributed by atoms with Gasteiger partial charge in [-0.2, -0.15) is 0 Å². The highest BCUT2D eigenvalue weighted by Gasteiger charge is 2.44. The first-order valence-corrected chi connectivity index (χ1v) is 23.6. The van der Waals surface area contributed by atoms with Crippen molar-refractivity contribution in [3.05, 3.63) is 12.2 Å². The monoisotopic (exact) mass is 816 g/mol. The highest BCUT2D eigenvalue weighted by atomic mass is 16.7. The molecule has 0 radical (unpaired) electrons. The van der Waals surface area contributed by atoms with Crippen molar-refractivity contribution in [2.24, 2.45) is 0 Å². The Bertz CT molecular complexity index is 939. The molecule has 8 N–H and O–H groups in total. The molecule has 9 unspecified atom stereocenters. The van der Waals surface area contributed by atoms with E-state index in [-0.39, 0.29) is 12.8 Å². The summed E-state index contributed by atoms with van der Waals surface area (Å²) in [5.74, 6) is -0.709. The summed E-state index contributed by atoms with van der Waals surface area (Å²) in [7, 11) is 0. The summed E-state index contributed by atoms with van der Waals surface area (Å²) in [6.45, 7) is 3.39. The van der Waals surface area contributed by atoms with E-state index in [1.165, 1.54) is 128 Å². The van der Waals surface area contributed by atoms with E-state index >= 15 is 0 Å². The normalized spacial score (nSPS) is 22.2. The molecule has 0 aromatic rings. The van der Waals surface area contributed by atoms with Crippen LogP contribution in [-0.4, -0.2) is 110 Å². The number of ether oxygens (including phenoxy) is 2. The molecule has 0 spiro atoms. The van der Waals surface area contributed by atoms with E-state index in [9.17, 15) is 40.5 Å². The summed E-state index contributed by atoms with van der Waals surface area (Å²) in [5.41, 5.74) is 0. The van der Waals surface area contributed by atoms with Crippen LogP contribution in [0.5, 0.6) is 0 Å². The second kappa shape index (κ2) is 36.7. The predicted octanol–water partition coefficient (Wildman–Crippen LogP) is 7.67. The quantitative estimate of drug-likeness (QED) is 0.0226. The van der Waals surface area contributed by atoms with E-state index in [1.807, 2.05) is 0 Å². The van der Waals surface area contributed by atoms with Crippen molar-refractivity contribution in [1.29, 1.82) is 0 Å². The van der Waals surface area contributed by atoms with Gasteiger partial charge in [-0.25, -0.2) is 0 Å². The maximum absolute atomic E-state index is 13.0. The maximum Gasteiger partial charge on any atom is 0.249 e. The van der Waals surface area contributed by atoms with Crippen LogP contribution < -0.4 is 5.32 Å². The maximum atomic E-state index is 13.0. The van der Waals surface area contributed by atoms with Crippen LogP contribution in [0, 0.1) is 0 Å². The smallest absolute Gasteiger partial charge is 0.249 e. The Morgan fingerprint density at radius 2 is 1.04 bits per heavy atom. The van der Waals surface area contributed by atoms with E-state index in [0.717, 1.165) is 38.5 Å². The molecule has 9 atom stereocenters. The zero-order valence-corrected chi connectivity index (χ0v) is 36.3. The molecule has 0 bridgehead atoms. The minimum absolute atomic E-state index is 0.255. The number of nitrogens with one attached hydrogen (secondary N) is 1. The van der Waals surface area contributed by atoms with Crippen LogP contribution in [0.3, 0.4) is 0 Å². The molecule has 1 rings (SSSR count). The van der Waals surface area contributed by atoms with Crippen molar-refractivity contribution < 1.29 is 50.0 Å². The first kappa shape index (κ1) is 53.9. The summed E-state index contributed by atoms with van der Waals surface area (Å²) < 4.78 is 11.0. The lowest BCUT2D eigenvalue weighted by Gasteiger charge is -2.40. The Morgan fingerprint density at radius 3 is 1.51 bits per heavy atom. The van der Waals surface area contributed by atoms with Gasteiger partial charge in [-0.05, 0) is 38.5 Å². The SMILES string of the molecule is CCCCCCCCCCCCCCCCCCC/C=C/CCCC(O)C(O)C(COC1OC(CO)C(O)C(O)C1O)NC(=O)C(O)CCCCCCCCCC. The third-order valence-electron chi connectivity index (χ3n) is 11.6. The highest BCUT2D eigenvalue weighted by molar-refractivity contribution is 5.80. The molecule has 11 heteroatoms. The lowest BCUT2D eigenvalue weighted by Crippen LogP contribution is -2.60. The average Bonchev–Trinajstić information content (AvgIpc) is 3.21. The Hall–Kier alpha value is -1.15. The number of aliphatic hydroxyl groups is 7. The van der Waals surface area contributed by atoms with Gasteiger partial charge in [0, 0.05) is 0 Å². The van der Waals surface area contributed by atoms with E-state index < -0.39 is 74.2 Å². The number of rotatable bonds is 39. The van der Waals surface area contributed by atoms with Crippen molar-refractivity contribution in [2.75, 3.05) is 13.2 Å². The molecule has 11 nitrogen and oxygen atoms in total. The fourth-order valence-corrected chi connectivity index (χ4v) is 7.62. The van der Waals surface area contributed by atoms with Gasteiger partial charge >= 0.3 is 0 Å². The van der Waals surface area contributed by atoms with E-state index in [0.29, 0.717) is 12.8 Å². The fourth-order valence-electron chi connectivity index (χ4n) is 7.62. The number of allylic oxidation sites excluding steroid dienone is 2. The number of unbranched alkanes of at least 4 members (excludes halogenated alkanes) is 25. The summed E-state index contributed by atoms with van der Waals surface area (Å²) in [5, 5.41) is 75.4. The minimum Gasteiger partial charge on any atom is -0.394 e. The number of carbonyl (C=O) groups excluding carboxylic acids is 1. The first-order valence-electron chi connectivity index (χ1n) is 23.6. The molecule has 1 saturated heterocycles. The standard InChI is InChI=1S/C46H89NO10/c1-3-5-7-9-11-13-14-15-16-17-18-19-20-21-22-23-24-25-26-28-29-31-33-38(49)41(51)37(36-56-46-44(54)43(53)42(52)40(35-48)57-46)47-45(55)39(50)34-32-30-27-12-10-8-6-4-2/h26,28,37-44,46,48-54H,3-25,27,29-36H2,1-2H3,(H,47,55)/b28-26+. The van der Waals surface area contributed by atoms with Crippen molar-refractivity contribution >= 4 is 5.91 Å². The molecular formula is C46H89NO10. The van der Waals surface area contributed by atoms with Crippen LogP contribution in [0.4, 0.5) is 0 Å². The third kappa shape index (κ3) is 26.6. The van der Waals surface area contributed by atoms with Gasteiger partial charge in [0.1, 0.15) is 36.6 Å². The van der Waals surface area contributed by atoms with E-state index in [1.54, 1.807) is 0 Å². The van der Waals surface area contributed by atoms with Crippen molar-refractivity contribution in [1.82, 2.24) is 5.32 Å². The van der Waals surface area contributed by atoms with Crippen LogP contribution >= 0.6 is 0 Å². The summed E-state index contributed by atoms with van der Waals surface area (Å²) in [6.07, 6.45) is 27.2. The van der Waals surface area contributed by atoms with Gasteiger partial charge in [-0.3, -0.25) is 4.79 Å². The van der Waals surface area contributed by atoms with Crippen LogP contribution in [0.15, 0.2) is 12.2 Å². The minimum atomic E-state index is -1.66. The number of amides is 1. The molecule has 0 saturated carbocycles. The topological polar surface area (TPSA) is 189 Å². The molecule has 0 aliphatic carbocycles. The van der Waals surface area contributed by atoms with Gasteiger partial charge in [-0.15, -0.1) is 0 Å². The number of aliphatic hydroxyl groups excluding tert-OH is 7. The molecule has 1 fully saturated rings. The molecule has 338 valence electrons. The fraction of sp³-hybridized carbons (Fsp3) is 0.935. The average molecular weight is 816 g/mol.